The lowest BCUT2D eigenvalue weighted by molar-refractivity contribution is -0.000444. The highest BCUT2D eigenvalue weighted by molar-refractivity contribution is 5.91. The average Bonchev–Trinajstić information content (AvgIpc) is 3.01. The maximum atomic E-state index is 12.4. The zero-order valence-corrected chi connectivity index (χ0v) is 13.8. The van der Waals surface area contributed by atoms with E-state index in [0.717, 1.165) is 13.0 Å². The van der Waals surface area contributed by atoms with Gasteiger partial charge in [-0.1, -0.05) is 0 Å². The summed E-state index contributed by atoms with van der Waals surface area (Å²) in [7, 11) is 1.66. The number of oxazole rings is 1. The van der Waals surface area contributed by atoms with Crippen molar-refractivity contribution in [1.29, 1.82) is 0 Å². The number of β-amino-alcohol motifs (C(OH)–C–C–N with tert-alkyl or cyclic N) is 1. The van der Waals surface area contributed by atoms with Crippen molar-refractivity contribution in [3.8, 4) is 0 Å². The van der Waals surface area contributed by atoms with Gasteiger partial charge in [-0.2, -0.15) is 0 Å². The van der Waals surface area contributed by atoms with E-state index in [1.165, 1.54) is 11.2 Å². The predicted molar refractivity (Wildman–Crippen MR) is 86.6 cm³/mol. The Morgan fingerprint density at radius 3 is 2.88 bits per heavy atom. The minimum absolute atomic E-state index is 0.209. The van der Waals surface area contributed by atoms with Gasteiger partial charge in [0.1, 0.15) is 6.26 Å². The van der Waals surface area contributed by atoms with Crippen LogP contribution in [0.1, 0.15) is 29.2 Å². The van der Waals surface area contributed by atoms with E-state index in [4.69, 9.17) is 4.42 Å². The molecule has 0 aromatic carbocycles. The van der Waals surface area contributed by atoms with Gasteiger partial charge in [-0.25, -0.2) is 15.0 Å². The Morgan fingerprint density at radius 2 is 2.21 bits per heavy atom. The summed E-state index contributed by atoms with van der Waals surface area (Å²) in [5.41, 5.74) is -0.765. The van der Waals surface area contributed by atoms with Crippen LogP contribution in [0.25, 0.3) is 0 Å². The molecule has 1 fully saturated rings. The number of amides is 1. The van der Waals surface area contributed by atoms with Crippen LogP contribution in [-0.2, 0) is 0 Å². The number of carbonyl (C=O) groups is 1. The number of hydrogen-bond donors (Lipinski definition) is 1. The second-order valence-corrected chi connectivity index (χ2v) is 6.21. The van der Waals surface area contributed by atoms with Crippen molar-refractivity contribution in [3.63, 3.8) is 0 Å². The number of anilines is 1. The van der Waals surface area contributed by atoms with Crippen LogP contribution in [0.5, 0.6) is 0 Å². The van der Waals surface area contributed by atoms with Gasteiger partial charge in [0.25, 0.3) is 5.91 Å². The van der Waals surface area contributed by atoms with E-state index in [0.29, 0.717) is 24.8 Å². The Hall–Kier alpha value is -2.48. The normalized spacial score (nSPS) is 20.9. The van der Waals surface area contributed by atoms with Gasteiger partial charge in [0.05, 0.1) is 18.7 Å². The summed E-state index contributed by atoms with van der Waals surface area (Å²) >= 11 is 0. The molecule has 0 saturated carbocycles. The maximum absolute atomic E-state index is 12.4. The van der Waals surface area contributed by atoms with Crippen molar-refractivity contribution in [2.24, 2.45) is 0 Å². The third-order valence-electron chi connectivity index (χ3n) is 4.11. The lowest BCUT2D eigenvalue weighted by Crippen LogP contribution is -2.55. The summed E-state index contributed by atoms with van der Waals surface area (Å²) in [6.07, 6.45) is 6.12. The fraction of sp³-hybridized carbons (Fsp3) is 0.500. The molecule has 1 amide bonds. The van der Waals surface area contributed by atoms with Gasteiger partial charge in [0.15, 0.2) is 11.6 Å². The highest BCUT2D eigenvalue weighted by Crippen LogP contribution is 2.25. The lowest BCUT2D eigenvalue weighted by Gasteiger charge is -2.40. The molecule has 3 rings (SSSR count). The third kappa shape index (κ3) is 3.53. The smallest absolute Gasteiger partial charge is 0.275 e. The predicted octanol–water partition coefficient (Wildman–Crippen LogP) is 0.877. The van der Waals surface area contributed by atoms with Crippen LogP contribution < -0.4 is 4.90 Å². The highest BCUT2D eigenvalue weighted by Gasteiger charge is 2.36. The molecule has 1 atom stereocenters. The molecule has 8 heteroatoms. The van der Waals surface area contributed by atoms with E-state index >= 15 is 0 Å². The standard InChI is InChI=1S/C16H21N5O3/c1-12-19-13(9-24-12)14(22)20(2)10-16(23)5-3-8-21(11-16)15-17-6-4-7-18-15/h4,6-7,9,23H,3,5,8,10-11H2,1-2H3/t16-/m0/s1. The van der Waals surface area contributed by atoms with E-state index in [1.54, 1.807) is 32.4 Å². The second-order valence-electron chi connectivity index (χ2n) is 6.21. The number of aryl methyl sites for hydroxylation is 1. The molecule has 1 aliphatic rings. The summed E-state index contributed by atoms with van der Waals surface area (Å²) < 4.78 is 5.08. The zero-order chi connectivity index (χ0) is 17.2. The Morgan fingerprint density at radius 1 is 1.46 bits per heavy atom. The first kappa shape index (κ1) is 16.4. The molecule has 1 N–H and O–H groups in total. The Bertz CT molecular complexity index is 705. The molecule has 8 nitrogen and oxygen atoms in total. The monoisotopic (exact) mass is 331 g/mol. The van der Waals surface area contributed by atoms with Gasteiger partial charge in [-0.15, -0.1) is 0 Å². The lowest BCUT2D eigenvalue weighted by atomic mass is 9.92. The molecule has 1 saturated heterocycles. The Labute approximate surface area is 140 Å². The molecular weight excluding hydrogens is 310 g/mol. The van der Waals surface area contributed by atoms with Crippen molar-refractivity contribution < 1.29 is 14.3 Å². The molecule has 0 unspecified atom stereocenters. The number of nitrogens with zero attached hydrogens (tertiary/aromatic N) is 5. The van der Waals surface area contributed by atoms with Crippen molar-refractivity contribution in [3.05, 3.63) is 36.3 Å². The fourth-order valence-corrected chi connectivity index (χ4v) is 3.04. The third-order valence-corrected chi connectivity index (χ3v) is 4.11. The van der Waals surface area contributed by atoms with E-state index in [2.05, 4.69) is 15.0 Å². The molecule has 3 heterocycles. The molecule has 0 radical (unpaired) electrons. The van der Waals surface area contributed by atoms with E-state index < -0.39 is 5.60 Å². The molecule has 0 spiro atoms. The van der Waals surface area contributed by atoms with Crippen LogP contribution in [0.15, 0.2) is 29.1 Å². The zero-order valence-electron chi connectivity index (χ0n) is 13.8. The Kier molecular flexibility index (Phi) is 4.48. The van der Waals surface area contributed by atoms with Gasteiger partial charge in [-0.05, 0) is 18.9 Å². The minimum Gasteiger partial charge on any atom is -0.448 e. The average molecular weight is 331 g/mol. The molecule has 2 aromatic rings. The van der Waals surface area contributed by atoms with Gasteiger partial charge < -0.3 is 19.3 Å². The first-order valence-corrected chi connectivity index (χ1v) is 7.89. The minimum atomic E-state index is -1.01. The molecule has 1 aliphatic heterocycles. The molecule has 0 bridgehead atoms. The van der Waals surface area contributed by atoms with Crippen molar-refractivity contribution >= 4 is 11.9 Å². The first-order valence-electron chi connectivity index (χ1n) is 7.89. The van der Waals surface area contributed by atoms with Gasteiger partial charge in [-0.3, -0.25) is 4.79 Å². The first-order chi connectivity index (χ1) is 11.5. The van der Waals surface area contributed by atoms with Gasteiger partial charge >= 0.3 is 0 Å². The highest BCUT2D eigenvalue weighted by atomic mass is 16.3. The quantitative estimate of drug-likeness (QED) is 0.888. The summed E-state index contributed by atoms with van der Waals surface area (Å²) in [6.45, 7) is 3.06. The van der Waals surface area contributed by atoms with Crippen LogP contribution in [-0.4, -0.2) is 63.1 Å². The van der Waals surface area contributed by atoms with Crippen molar-refractivity contribution in [2.45, 2.75) is 25.4 Å². The topological polar surface area (TPSA) is 95.6 Å². The van der Waals surface area contributed by atoms with Crippen molar-refractivity contribution in [1.82, 2.24) is 19.9 Å². The number of piperidine rings is 1. The number of carbonyl (C=O) groups excluding carboxylic acids is 1. The summed E-state index contributed by atoms with van der Waals surface area (Å²) in [5, 5.41) is 10.9. The number of aliphatic hydroxyl groups is 1. The fourth-order valence-electron chi connectivity index (χ4n) is 3.04. The molecule has 128 valence electrons. The Balaban J connectivity index is 1.67. The van der Waals surface area contributed by atoms with Crippen LogP contribution >= 0.6 is 0 Å². The van der Waals surface area contributed by atoms with E-state index in [1.807, 2.05) is 4.90 Å². The molecular formula is C16H21N5O3. The van der Waals surface area contributed by atoms with Crippen LogP contribution in [0.3, 0.4) is 0 Å². The largest absolute Gasteiger partial charge is 0.448 e. The van der Waals surface area contributed by atoms with E-state index in [-0.39, 0.29) is 18.1 Å². The number of hydrogen-bond acceptors (Lipinski definition) is 7. The van der Waals surface area contributed by atoms with Gasteiger partial charge in [0.2, 0.25) is 5.95 Å². The van der Waals surface area contributed by atoms with Crippen molar-refractivity contribution in [2.75, 3.05) is 31.6 Å². The second kappa shape index (κ2) is 6.56. The van der Waals surface area contributed by atoms with Crippen LogP contribution in [0, 0.1) is 6.92 Å². The van der Waals surface area contributed by atoms with Crippen LogP contribution in [0.2, 0.25) is 0 Å². The number of likely N-dealkylation sites (N-methyl/N-ethyl adjacent to an activating group) is 1. The van der Waals surface area contributed by atoms with E-state index in [9.17, 15) is 9.90 Å². The summed E-state index contributed by atoms with van der Waals surface area (Å²) in [5.74, 6) is 0.764. The number of rotatable bonds is 4. The van der Waals surface area contributed by atoms with Gasteiger partial charge in [0, 0.05) is 32.9 Å². The summed E-state index contributed by atoms with van der Waals surface area (Å²) in [6, 6.07) is 1.76. The maximum Gasteiger partial charge on any atom is 0.275 e. The summed E-state index contributed by atoms with van der Waals surface area (Å²) in [4.78, 5) is 28.3. The molecule has 24 heavy (non-hydrogen) atoms. The van der Waals surface area contributed by atoms with Crippen LogP contribution in [0.4, 0.5) is 5.95 Å². The number of aromatic nitrogens is 3. The molecule has 2 aromatic heterocycles. The SMILES string of the molecule is Cc1nc(C(=O)N(C)C[C@@]2(O)CCCN(c3ncccn3)C2)co1. The molecule has 0 aliphatic carbocycles.